The van der Waals surface area contributed by atoms with Crippen LogP contribution >= 0.6 is 0 Å². The normalized spacial score (nSPS) is 16.3. The van der Waals surface area contributed by atoms with Crippen LogP contribution in [0.25, 0.3) is 0 Å². The first-order valence-electron chi connectivity index (χ1n) is 4.97. The Kier molecular flexibility index (Phi) is 5.29. The number of rotatable bonds is 6. The van der Waals surface area contributed by atoms with Gasteiger partial charge in [-0.25, -0.2) is 0 Å². The summed E-state index contributed by atoms with van der Waals surface area (Å²) in [6.45, 7) is 12.2. The van der Waals surface area contributed by atoms with Gasteiger partial charge in [0, 0.05) is 6.92 Å². The molecule has 0 unspecified atom stereocenters. The monoisotopic (exact) mass is 212 g/mol. The van der Waals surface area contributed by atoms with Crippen LogP contribution in [0.3, 0.4) is 0 Å². The zero-order valence-corrected chi connectivity index (χ0v) is 9.75. The predicted octanol–water partition coefficient (Wildman–Crippen LogP) is 2.21. The maximum Gasteiger partial charge on any atom is 0.303 e. The van der Waals surface area contributed by atoms with Gasteiger partial charge in [-0.15, -0.1) is 0 Å². The fraction of sp³-hybridized carbons (Fsp3) is 0.583. The van der Waals surface area contributed by atoms with E-state index in [1.54, 1.807) is 19.9 Å². The van der Waals surface area contributed by atoms with Crippen LogP contribution in [0.15, 0.2) is 24.8 Å². The molecule has 0 saturated heterocycles. The van der Waals surface area contributed by atoms with Gasteiger partial charge in [-0.1, -0.05) is 18.7 Å². The highest BCUT2D eigenvalue weighted by molar-refractivity contribution is 5.66. The summed E-state index contributed by atoms with van der Waals surface area (Å²) in [7, 11) is 0. The van der Waals surface area contributed by atoms with Crippen molar-refractivity contribution in [1.82, 2.24) is 0 Å². The molecule has 0 fully saturated rings. The second kappa shape index (κ2) is 5.71. The average Bonchev–Trinajstić information content (AvgIpc) is 2.13. The van der Waals surface area contributed by atoms with E-state index in [4.69, 9.17) is 4.74 Å². The van der Waals surface area contributed by atoms with Crippen molar-refractivity contribution in [1.29, 1.82) is 0 Å². The van der Waals surface area contributed by atoms with Gasteiger partial charge in [0.25, 0.3) is 0 Å². The maximum atomic E-state index is 10.8. The molecule has 3 heteroatoms. The number of carbonyl (C=O) groups excluding carboxylic acids is 1. The van der Waals surface area contributed by atoms with Crippen molar-refractivity contribution in [2.24, 2.45) is 0 Å². The summed E-state index contributed by atoms with van der Waals surface area (Å²) >= 11 is 0. The lowest BCUT2D eigenvalue weighted by Crippen LogP contribution is -2.29. The largest absolute Gasteiger partial charge is 0.455 e. The van der Waals surface area contributed by atoms with Crippen molar-refractivity contribution in [3.63, 3.8) is 0 Å². The third-order valence-electron chi connectivity index (χ3n) is 2.29. The molecule has 0 aliphatic carbocycles. The standard InChI is InChI=1S/C12H20O3/c1-6-12(5,15-10(4)13)8-7-11(14)9(2)3/h6,11,14H,1-2,7-8H2,3-5H3/t11-,12+/m0/s1. The summed E-state index contributed by atoms with van der Waals surface area (Å²) in [5, 5.41) is 9.55. The lowest BCUT2D eigenvalue weighted by molar-refractivity contribution is -0.151. The summed E-state index contributed by atoms with van der Waals surface area (Å²) in [6, 6.07) is 0. The van der Waals surface area contributed by atoms with E-state index in [0.29, 0.717) is 18.4 Å². The van der Waals surface area contributed by atoms with Gasteiger partial charge < -0.3 is 9.84 Å². The molecule has 0 aromatic heterocycles. The van der Waals surface area contributed by atoms with Crippen LogP contribution in [0.1, 0.15) is 33.6 Å². The Hall–Kier alpha value is -1.09. The Balaban J connectivity index is 4.26. The summed E-state index contributed by atoms with van der Waals surface area (Å²) < 4.78 is 5.12. The van der Waals surface area contributed by atoms with E-state index in [1.807, 2.05) is 0 Å². The number of aliphatic hydroxyl groups excluding tert-OH is 1. The summed E-state index contributed by atoms with van der Waals surface area (Å²) in [5.74, 6) is -0.345. The quantitative estimate of drug-likeness (QED) is 0.542. The molecule has 0 aromatic carbocycles. The molecule has 15 heavy (non-hydrogen) atoms. The minimum absolute atomic E-state index is 0.345. The SMILES string of the molecule is C=C[C@](C)(CC[C@H](O)C(=C)C)OC(C)=O. The second-order valence-electron chi connectivity index (χ2n) is 4.01. The van der Waals surface area contributed by atoms with Crippen molar-refractivity contribution in [3.8, 4) is 0 Å². The van der Waals surface area contributed by atoms with Crippen molar-refractivity contribution >= 4 is 5.97 Å². The summed E-state index contributed by atoms with van der Waals surface area (Å²) in [6.07, 6.45) is 2.06. The molecule has 0 rings (SSSR count). The first kappa shape index (κ1) is 13.9. The van der Waals surface area contributed by atoms with Gasteiger partial charge in [0.1, 0.15) is 5.60 Å². The van der Waals surface area contributed by atoms with Gasteiger partial charge in [0.15, 0.2) is 0 Å². The highest BCUT2D eigenvalue weighted by Crippen LogP contribution is 2.21. The summed E-state index contributed by atoms with van der Waals surface area (Å²) in [4.78, 5) is 10.8. The van der Waals surface area contributed by atoms with E-state index in [0.717, 1.165) is 0 Å². The Morgan fingerprint density at radius 1 is 1.60 bits per heavy atom. The van der Waals surface area contributed by atoms with Gasteiger partial charge in [-0.2, -0.15) is 0 Å². The van der Waals surface area contributed by atoms with E-state index in [9.17, 15) is 9.90 Å². The molecule has 0 aliphatic heterocycles. The number of esters is 1. The third-order valence-corrected chi connectivity index (χ3v) is 2.29. The molecule has 0 saturated carbocycles. The molecule has 2 atom stereocenters. The van der Waals surface area contributed by atoms with E-state index >= 15 is 0 Å². The lowest BCUT2D eigenvalue weighted by Gasteiger charge is -2.26. The van der Waals surface area contributed by atoms with Crippen molar-refractivity contribution in [2.75, 3.05) is 0 Å². The van der Waals surface area contributed by atoms with Gasteiger partial charge in [0.2, 0.25) is 0 Å². The van der Waals surface area contributed by atoms with Gasteiger partial charge in [-0.3, -0.25) is 4.79 Å². The van der Waals surface area contributed by atoms with Crippen molar-refractivity contribution in [3.05, 3.63) is 24.8 Å². The number of carbonyl (C=O) groups is 1. The molecule has 3 nitrogen and oxygen atoms in total. The molecule has 1 N–H and O–H groups in total. The highest BCUT2D eigenvalue weighted by atomic mass is 16.6. The van der Waals surface area contributed by atoms with Crippen LogP contribution in [-0.2, 0) is 9.53 Å². The average molecular weight is 212 g/mol. The van der Waals surface area contributed by atoms with Crippen LogP contribution in [0.2, 0.25) is 0 Å². The molecule has 0 aromatic rings. The minimum Gasteiger partial charge on any atom is -0.455 e. The molecule has 0 radical (unpaired) electrons. The lowest BCUT2D eigenvalue weighted by atomic mass is 9.96. The molecule has 86 valence electrons. The fourth-order valence-corrected chi connectivity index (χ4v) is 1.19. The zero-order valence-electron chi connectivity index (χ0n) is 9.75. The van der Waals surface area contributed by atoms with Crippen molar-refractivity contribution in [2.45, 2.75) is 45.3 Å². The molecule has 0 heterocycles. The first-order valence-corrected chi connectivity index (χ1v) is 4.97. The fourth-order valence-electron chi connectivity index (χ4n) is 1.19. The van der Waals surface area contributed by atoms with Crippen LogP contribution in [0, 0.1) is 0 Å². The molecular formula is C12H20O3. The number of hydrogen-bond donors (Lipinski definition) is 1. The number of ether oxygens (including phenoxy) is 1. The Morgan fingerprint density at radius 2 is 2.13 bits per heavy atom. The predicted molar refractivity (Wildman–Crippen MR) is 60.4 cm³/mol. The van der Waals surface area contributed by atoms with Gasteiger partial charge >= 0.3 is 5.97 Å². The van der Waals surface area contributed by atoms with E-state index in [2.05, 4.69) is 13.2 Å². The third kappa shape index (κ3) is 5.37. The number of aliphatic hydroxyl groups is 1. The van der Waals surface area contributed by atoms with Gasteiger partial charge in [0.05, 0.1) is 6.10 Å². The van der Waals surface area contributed by atoms with Crippen LogP contribution < -0.4 is 0 Å². The maximum absolute atomic E-state index is 10.8. The Morgan fingerprint density at radius 3 is 2.47 bits per heavy atom. The van der Waals surface area contributed by atoms with E-state index < -0.39 is 11.7 Å². The number of hydrogen-bond acceptors (Lipinski definition) is 3. The Bertz CT molecular complexity index is 258. The highest BCUT2D eigenvalue weighted by Gasteiger charge is 2.24. The molecular weight excluding hydrogens is 192 g/mol. The minimum atomic E-state index is -0.706. The van der Waals surface area contributed by atoms with Crippen LogP contribution in [-0.4, -0.2) is 22.8 Å². The molecule has 0 amide bonds. The zero-order chi connectivity index (χ0) is 12.1. The van der Waals surface area contributed by atoms with Crippen LogP contribution in [0.5, 0.6) is 0 Å². The first-order chi connectivity index (χ1) is 6.80. The summed E-state index contributed by atoms with van der Waals surface area (Å²) in [5.41, 5.74) is 0.00617. The van der Waals surface area contributed by atoms with E-state index in [1.165, 1.54) is 6.92 Å². The Labute approximate surface area is 91.4 Å². The molecule has 0 spiro atoms. The second-order valence-corrected chi connectivity index (χ2v) is 4.01. The topological polar surface area (TPSA) is 46.5 Å². The van der Waals surface area contributed by atoms with Gasteiger partial charge in [-0.05, 0) is 32.8 Å². The molecule has 0 bridgehead atoms. The van der Waals surface area contributed by atoms with Crippen molar-refractivity contribution < 1.29 is 14.6 Å². The van der Waals surface area contributed by atoms with E-state index in [-0.39, 0.29) is 5.97 Å². The van der Waals surface area contributed by atoms with Crippen LogP contribution in [0.4, 0.5) is 0 Å². The smallest absolute Gasteiger partial charge is 0.303 e. The molecule has 0 aliphatic rings.